The summed E-state index contributed by atoms with van der Waals surface area (Å²) in [6, 6.07) is 10.8. The van der Waals surface area contributed by atoms with Gasteiger partial charge in [0.05, 0.1) is 12.2 Å². The van der Waals surface area contributed by atoms with Gasteiger partial charge in [-0.15, -0.1) is 13.2 Å². The van der Waals surface area contributed by atoms with E-state index in [0.717, 1.165) is 12.8 Å². The molecule has 1 aliphatic rings. The largest absolute Gasteiger partial charge is 0.367 e. The van der Waals surface area contributed by atoms with Crippen LogP contribution in [0.15, 0.2) is 55.6 Å². The summed E-state index contributed by atoms with van der Waals surface area (Å²) < 4.78 is 5.92. The highest BCUT2D eigenvalue weighted by atomic mass is 16.5. The average Bonchev–Trinajstić information content (AvgIpc) is 2.47. The Balaban J connectivity index is 1.98. The highest BCUT2D eigenvalue weighted by molar-refractivity contribution is 5.21. The summed E-state index contributed by atoms with van der Waals surface area (Å²) in [5.41, 5.74) is 1.33. The van der Waals surface area contributed by atoms with Crippen LogP contribution in [0, 0.1) is 0 Å². The van der Waals surface area contributed by atoms with E-state index in [9.17, 15) is 0 Å². The van der Waals surface area contributed by atoms with Crippen molar-refractivity contribution in [3.63, 3.8) is 0 Å². The van der Waals surface area contributed by atoms with Crippen molar-refractivity contribution in [2.75, 3.05) is 6.61 Å². The molecule has 2 rings (SSSR count). The van der Waals surface area contributed by atoms with Crippen molar-refractivity contribution in [1.29, 1.82) is 0 Å². The second kappa shape index (κ2) is 6.01. The fraction of sp³-hybridized carbons (Fsp3) is 0.412. The van der Waals surface area contributed by atoms with Crippen molar-refractivity contribution in [3.05, 3.63) is 61.2 Å². The highest BCUT2D eigenvalue weighted by Gasteiger charge is 2.33. The Bertz CT molecular complexity index is 385. The summed E-state index contributed by atoms with van der Waals surface area (Å²) >= 11 is 0. The number of hydrogen-bond acceptors (Lipinski definition) is 1. The Labute approximate surface area is 110 Å². The van der Waals surface area contributed by atoms with Crippen molar-refractivity contribution in [1.82, 2.24) is 0 Å². The van der Waals surface area contributed by atoms with Gasteiger partial charge in [-0.2, -0.15) is 0 Å². The lowest BCUT2D eigenvalue weighted by Gasteiger charge is -2.37. The molecule has 0 amide bonds. The number of benzene rings is 1. The number of hydrogen-bond donors (Lipinski definition) is 0. The molecule has 0 radical (unpaired) electrons. The monoisotopic (exact) mass is 242 g/mol. The molecular formula is C17H22O. The zero-order valence-electron chi connectivity index (χ0n) is 11.0. The van der Waals surface area contributed by atoms with Crippen LogP contribution in [0.25, 0.3) is 0 Å². The molecule has 1 saturated carbocycles. The predicted molar refractivity (Wildman–Crippen MR) is 76.7 cm³/mol. The molecule has 0 bridgehead atoms. The molecule has 1 fully saturated rings. The first-order chi connectivity index (χ1) is 8.79. The quantitative estimate of drug-likeness (QED) is 0.692. The van der Waals surface area contributed by atoms with Gasteiger partial charge in [0, 0.05) is 0 Å². The van der Waals surface area contributed by atoms with Crippen LogP contribution >= 0.6 is 0 Å². The van der Waals surface area contributed by atoms with E-state index in [-0.39, 0.29) is 5.60 Å². The topological polar surface area (TPSA) is 9.23 Å². The second-order valence-corrected chi connectivity index (χ2v) is 5.05. The van der Waals surface area contributed by atoms with E-state index in [0.29, 0.717) is 12.5 Å². The first-order valence-electron chi connectivity index (χ1n) is 6.73. The fourth-order valence-electron chi connectivity index (χ4n) is 2.80. The molecular weight excluding hydrogens is 220 g/mol. The van der Waals surface area contributed by atoms with Gasteiger partial charge in [-0.1, -0.05) is 42.5 Å². The van der Waals surface area contributed by atoms with Gasteiger partial charge in [0.2, 0.25) is 0 Å². The summed E-state index contributed by atoms with van der Waals surface area (Å²) in [5.74, 6) is 0.673. The predicted octanol–water partition coefficient (Wildman–Crippen LogP) is 4.47. The van der Waals surface area contributed by atoms with E-state index in [1.54, 1.807) is 0 Å². The van der Waals surface area contributed by atoms with Gasteiger partial charge in [-0.05, 0) is 37.2 Å². The molecule has 0 heterocycles. The Hall–Kier alpha value is -1.34. The smallest absolute Gasteiger partial charge is 0.0864 e. The van der Waals surface area contributed by atoms with Crippen LogP contribution in [0.1, 0.15) is 37.2 Å². The zero-order chi connectivity index (χ0) is 12.8. The first kappa shape index (κ1) is 13.1. The molecule has 0 atom stereocenters. The number of rotatable bonds is 5. The van der Waals surface area contributed by atoms with Crippen LogP contribution in [0.2, 0.25) is 0 Å². The van der Waals surface area contributed by atoms with Crippen LogP contribution in [0.5, 0.6) is 0 Å². The van der Waals surface area contributed by atoms with Gasteiger partial charge in [0.1, 0.15) is 0 Å². The minimum absolute atomic E-state index is 0.126. The molecule has 1 heteroatoms. The Kier molecular flexibility index (Phi) is 4.38. The van der Waals surface area contributed by atoms with Crippen molar-refractivity contribution in [3.8, 4) is 0 Å². The lowest BCUT2D eigenvalue weighted by atomic mass is 9.76. The molecule has 0 saturated heterocycles. The summed E-state index contributed by atoms with van der Waals surface area (Å²) in [6.07, 6.45) is 8.26. The van der Waals surface area contributed by atoms with E-state index in [1.807, 2.05) is 12.2 Å². The minimum Gasteiger partial charge on any atom is -0.367 e. The van der Waals surface area contributed by atoms with Gasteiger partial charge in [-0.25, -0.2) is 0 Å². The molecule has 1 aliphatic carbocycles. The summed E-state index contributed by atoms with van der Waals surface area (Å²) in [4.78, 5) is 0. The van der Waals surface area contributed by atoms with Gasteiger partial charge in [-0.3, -0.25) is 0 Å². The van der Waals surface area contributed by atoms with Crippen LogP contribution in [0.4, 0.5) is 0 Å². The second-order valence-electron chi connectivity index (χ2n) is 5.05. The Morgan fingerprint density at radius 1 is 1.17 bits per heavy atom. The van der Waals surface area contributed by atoms with Crippen LogP contribution in [-0.2, 0) is 4.74 Å². The summed E-state index contributed by atoms with van der Waals surface area (Å²) in [5, 5.41) is 0. The summed E-state index contributed by atoms with van der Waals surface area (Å²) in [6.45, 7) is 8.27. The number of ether oxygens (including phenoxy) is 1. The molecule has 0 spiro atoms. The van der Waals surface area contributed by atoms with Crippen LogP contribution in [0.3, 0.4) is 0 Å². The van der Waals surface area contributed by atoms with Gasteiger partial charge in [0.25, 0.3) is 0 Å². The first-order valence-corrected chi connectivity index (χ1v) is 6.73. The minimum atomic E-state index is -0.126. The van der Waals surface area contributed by atoms with Crippen LogP contribution in [-0.4, -0.2) is 12.2 Å². The van der Waals surface area contributed by atoms with Gasteiger partial charge < -0.3 is 4.74 Å². The molecule has 1 aromatic rings. The SMILES string of the molecule is C=CCOC1(C=C)CCC(c2ccccc2)CC1. The standard InChI is InChI=1S/C17H22O/c1-3-14-18-17(4-2)12-10-16(11-13-17)15-8-6-5-7-9-15/h3-9,16H,1-2,10-14H2. The zero-order valence-corrected chi connectivity index (χ0v) is 11.0. The van der Waals surface area contributed by atoms with Gasteiger partial charge in [0.15, 0.2) is 0 Å². The van der Waals surface area contributed by atoms with E-state index in [1.165, 1.54) is 18.4 Å². The molecule has 0 aromatic heterocycles. The third-order valence-corrected chi connectivity index (χ3v) is 3.96. The van der Waals surface area contributed by atoms with Crippen molar-refractivity contribution in [2.24, 2.45) is 0 Å². The van der Waals surface area contributed by atoms with E-state index < -0.39 is 0 Å². The van der Waals surface area contributed by atoms with Crippen molar-refractivity contribution < 1.29 is 4.74 Å². The van der Waals surface area contributed by atoms with Crippen molar-refractivity contribution >= 4 is 0 Å². The normalized spacial score (nSPS) is 27.7. The fourth-order valence-corrected chi connectivity index (χ4v) is 2.80. The van der Waals surface area contributed by atoms with E-state index in [2.05, 4.69) is 43.5 Å². The maximum atomic E-state index is 5.92. The highest BCUT2D eigenvalue weighted by Crippen LogP contribution is 2.40. The molecule has 0 unspecified atom stereocenters. The van der Waals surface area contributed by atoms with E-state index >= 15 is 0 Å². The lowest BCUT2D eigenvalue weighted by Crippen LogP contribution is -2.34. The molecule has 96 valence electrons. The molecule has 0 aliphatic heterocycles. The van der Waals surface area contributed by atoms with Gasteiger partial charge >= 0.3 is 0 Å². The lowest BCUT2D eigenvalue weighted by molar-refractivity contribution is -0.0220. The maximum absolute atomic E-state index is 5.92. The van der Waals surface area contributed by atoms with Crippen molar-refractivity contribution in [2.45, 2.75) is 37.2 Å². The average molecular weight is 242 g/mol. The van der Waals surface area contributed by atoms with E-state index in [4.69, 9.17) is 4.74 Å². The third-order valence-electron chi connectivity index (χ3n) is 3.96. The summed E-state index contributed by atoms with van der Waals surface area (Å²) in [7, 11) is 0. The molecule has 0 N–H and O–H groups in total. The third kappa shape index (κ3) is 2.91. The maximum Gasteiger partial charge on any atom is 0.0864 e. The molecule has 18 heavy (non-hydrogen) atoms. The Morgan fingerprint density at radius 2 is 1.83 bits per heavy atom. The molecule has 1 aromatic carbocycles. The Morgan fingerprint density at radius 3 is 2.39 bits per heavy atom. The molecule has 1 nitrogen and oxygen atoms in total. The van der Waals surface area contributed by atoms with Crippen LogP contribution < -0.4 is 0 Å².